The molecule has 2 aromatic carbocycles. The van der Waals surface area contributed by atoms with E-state index in [-0.39, 0.29) is 17.7 Å². The highest BCUT2D eigenvalue weighted by Crippen LogP contribution is 2.19. The number of nitrogens with one attached hydrogen (secondary N) is 1. The minimum Gasteiger partial charge on any atom is -0.323 e. The van der Waals surface area contributed by atoms with E-state index in [2.05, 4.69) is 22.0 Å². The van der Waals surface area contributed by atoms with Gasteiger partial charge in [-0.15, -0.1) is 11.7 Å². The van der Waals surface area contributed by atoms with Gasteiger partial charge in [-0.05, 0) is 26.0 Å². The third-order valence-corrected chi connectivity index (χ3v) is 5.29. The van der Waals surface area contributed by atoms with Crippen LogP contribution in [0.15, 0.2) is 59.9 Å². The van der Waals surface area contributed by atoms with Crippen molar-refractivity contribution in [2.45, 2.75) is 26.8 Å². The van der Waals surface area contributed by atoms with Gasteiger partial charge in [0.05, 0.1) is 12.1 Å². The van der Waals surface area contributed by atoms with Crippen molar-refractivity contribution < 1.29 is 13.6 Å². The molecule has 33 heavy (non-hydrogen) atoms. The fourth-order valence-corrected chi connectivity index (χ4v) is 3.53. The van der Waals surface area contributed by atoms with Crippen LogP contribution in [-0.4, -0.2) is 25.1 Å². The standard InChI is InChI=1S/C24H21F2N5O2/c1-4-11-30-15(3)18(13-21(32)27-20-10-9-17(25)12-19(20)26)23(33)31-24(30)28-22(29-31)16-7-5-14(2)6-8-16/h4-10,12H,1,11,13H2,2-3H3,(H,27,32). The molecule has 4 aromatic rings. The Morgan fingerprint density at radius 3 is 2.55 bits per heavy atom. The molecule has 0 saturated heterocycles. The van der Waals surface area contributed by atoms with Crippen LogP contribution in [-0.2, 0) is 17.8 Å². The molecule has 0 bridgehead atoms. The van der Waals surface area contributed by atoms with E-state index in [0.717, 1.165) is 27.8 Å². The maximum Gasteiger partial charge on any atom is 0.279 e. The summed E-state index contributed by atoms with van der Waals surface area (Å²) in [5, 5.41) is 6.76. The van der Waals surface area contributed by atoms with Crippen molar-refractivity contribution in [3.05, 3.63) is 93.9 Å². The van der Waals surface area contributed by atoms with E-state index in [9.17, 15) is 18.4 Å². The number of amides is 1. The molecule has 0 spiro atoms. The summed E-state index contributed by atoms with van der Waals surface area (Å²) in [7, 11) is 0. The minimum absolute atomic E-state index is 0.172. The van der Waals surface area contributed by atoms with Crippen LogP contribution in [0, 0.1) is 25.5 Å². The fraction of sp³-hybridized carbons (Fsp3) is 0.167. The van der Waals surface area contributed by atoms with Crippen molar-refractivity contribution >= 4 is 17.4 Å². The molecule has 2 aromatic heterocycles. The van der Waals surface area contributed by atoms with E-state index in [1.165, 1.54) is 0 Å². The summed E-state index contributed by atoms with van der Waals surface area (Å²) in [6.45, 7) is 7.76. The Hall–Kier alpha value is -4.14. The van der Waals surface area contributed by atoms with Crippen LogP contribution >= 0.6 is 0 Å². The monoisotopic (exact) mass is 449 g/mol. The van der Waals surface area contributed by atoms with E-state index in [4.69, 9.17) is 0 Å². The van der Waals surface area contributed by atoms with E-state index in [1.54, 1.807) is 17.6 Å². The molecular weight excluding hydrogens is 428 g/mol. The number of carbonyl (C=O) groups excluding carboxylic acids is 1. The fourth-order valence-electron chi connectivity index (χ4n) is 3.53. The Balaban J connectivity index is 1.76. The van der Waals surface area contributed by atoms with Gasteiger partial charge in [-0.2, -0.15) is 9.50 Å². The first-order valence-electron chi connectivity index (χ1n) is 10.2. The molecule has 1 amide bonds. The van der Waals surface area contributed by atoms with Gasteiger partial charge in [-0.25, -0.2) is 8.78 Å². The molecule has 0 atom stereocenters. The van der Waals surface area contributed by atoms with E-state index < -0.39 is 23.1 Å². The highest BCUT2D eigenvalue weighted by atomic mass is 19.1. The van der Waals surface area contributed by atoms with Gasteiger partial charge in [0.1, 0.15) is 11.6 Å². The predicted octanol–water partition coefficient (Wildman–Crippen LogP) is 3.82. The Kier molecular flexibility index (Phi) is 5.87. The summed E-state index contributed by atoms with van der Waals surface area (Å²) in [5.41, 5.74) is 1.86. The van der Waals surface area contributed by atoms with Crippen LogP contribution in [0.25, 0.3) is 17.2 Å². The normalized spacial score (nSPS) is 11.0. The van der Waals surface area contributed by atoms with Gasteiger partial charge in [-0.1, -0.05) is 35.9 Å². The van der Waals surface area contributed by atoms with Crippen molar-refractivity contribution in [1.29, 1.82) is 0 Å². The number of benzene rings is 2. The number of hydrogen-bond donors (Lipinski definition) is 1. The number of hydrogen-bond acceptors (Lipinski definition) is 4. The molecule has 0 saturated carbocycles. The van der Waals surface area contributed by atoms with Gasteiger partial charge in [0.15, 0.2) is 5.82 Å². The van der Waals surface area contributed by atoms with E-state index in [0.29, 0.717) is 29.9 Å². The molecule has 0 aliphatic heterocycles. The smallest absolute Gasteiger partial charge is 0.279 e. The second-order valence-corrected chi connectivity index (χ2v) is 7.63. The lowest BCUT2D eigenvalue weighted by Crippen LogP contribution is -2.29. The van der Waals surface area contributed by atoms with Crippen LogP contribution in [0.1, 0.15) is 16.8 Å². The zero-order valence-corrected chi connectivity index (χ0v) is 18.1. The third kappa shape index (κ3) is 4.30. The number of allylic oxidation sites excluding steroid dienone is 1. The molecule has 0 fully saturated rings. The second kappa shape index (κ2) is 8.78. The molecule has 0 radical (unpaired) electrons. The number of aromatic nitrogens is 4. The van der Waals surface area contributed by atoms with Crippen LogP contribution in [0.5, 0.6) is 0 Å². The van der Waals surface area contributed by atoms with E-state index in [1.807, 2.05) is 31.2 Å². The van der Waals surface area contributed by atoms with Crippen LogP contribution in [0.2, 0.25) is 0 Å². The number of carbonyl (C=O) groups is 1. The summed E-state index contributed by atoms with van der Waals surface area (Å²) in [4.78, 5) is 30.4. The summed E-state index contributed by atoms with van der Waals surface area (Å²) in [6, 6.07) is 10.4. The second-order valence-electron chi connectivity index (χ2n) is 7.63. The Bertz CT molecular complexity index is 1440. The molecule has 0 aliphatic carbocycles. The topological polar surface area (TPSA) is 81.3 Å². The van der Waals surface area contributed by atoms with E-state index >= 15 is 0 Å². The maximum atomic E-state index is 13.9. The quantitative estimate of drug-likeness (QED) is 0.454. The predicted molar refractivity (Wildman–Crippen MR) is 121 cm³/mol. The van der Waals surface area contributed by atoms with Crippen LogP contribution in [0.4, 0.5) is 14.5 Å². The first-order chi connectivity index (χ1) is 15.8. The first kappa shape index (κ1) is 22.1. The number of halogens is 2. The van der Waals surface area contributed by atoms with Gasteiger partial charge >= 0.3 is 0 Å². The molecule has 7 nitrogen and oxygen atoms in total. The highest BCUT2D eigenvalue weighted by Gasteiger charge is 2.20. The Morgan fingerprint density at radius 1 is 1.15 bits per heavy atom. The third-order valence-electron chi connectivity index (χ3n) is 5.29. The van der Waals surface area contributed by atoms with Crippen LogP contribution < -0.4 is 10.9 Å². The van der Waals surface area contributed by atoms with Crippen molar-refractivity contribution in [2.75, 3.05) is 5.32 Å². The number of anilines is 1. The molecule has 0 aliphatic rings. The SMILES string of the molecule is C=CCn1c(C)c(CC(=O)Nc2ccc(F)cc2F)c(=O)n2nc(-c3ccc(C)cc3)nc12. The molecule has 0 unspecified atom stereocenters. The maximum absolute atomic E-state index is 13.9. The lowest BCUT2D eigenvalue weighted by Gasteiger charge is -2.14. The lowest BCUT2D eigenvalue weighted by molar-refractivity contribution is -0.115. The number of aryl methyl sites for hydroxylation is 1. The zero-order chi connectivity index (χ0) is 23.7. The number of nitrogens with zero attached hydrogens (tertiary/aromatic N) is 4. The van der Waals surface area contributed by atoms with Crippen molar-refractivity contribution in [3.63, 3.8) is 0 Å². The van der Waals surface area contributed by atoms with Gasteiger partial charge in [0.25, 0.3) is 5.56 Å². The molecule has 168 valence electrons. The molecule has 2 heterocycles. The average molecular weight is 449 g/mol. The summed E-state index contributed by atoms with van der Waals surface area (Å²) in [5.74, 6) is -1.58. The number of fused-ring (bicyclic) bond motifs is 1. The van der Waals surface area contributed by atoms with Gasteiger partial charge in [0, 0.05) is 29.4 Å². The van der Waals surface area contributed by atoms with Gasteiger partial charge < -0.3 is 9.88 Å². The van der Waals surface area contributed by atoms with Gasteiger partial charge in [0.2, 0.25) is 11.7 Å². The van der Waals surface area contributed by atoms with Crippen molar-refractivity contribution in [1.82, 2.24) is 19.2 Å². The van der Waals surface area contributed by atoms with Gasteiger partial charge in [-0.3, -0.25) is 9.59 Å². The summed E-state index contributed by atoms with van der Waals surface area (Å²) in [6.07, 6.45) is 1.32. The minimum atomic E-state index is -0.904. The molecule has 1 N–H and O–H groups in total. The Morgan fingerprint density at radius 2 is 1.88 bits per heavy atom. The van der Waals surface area contributed by atoms with Crippen molar-refractivity contribution in [2.24, 2.45) is 0 Å². The van der Waals surface area contributed by atoms with Crippen molar-refractivity contribution in [3.8, 4) is 11.4 Å². The average Bonchev–Trinajstić information content (AvgIpc) is 3.22. The number of rotatable bonds is 6. The largest absolute Gasteiger partial charge is 0.323 e. The highest BCUT2D eigenvalue weighted by molar-refractivity contribution is 5.92. The lowest BCUT2D eigenvalue weighted by atomic mass is 10.1. The molecular formula is C24H21F2N5O2. The molecule has 9 heteroatoms. The van der Waals surface area contributed by atoms with Crippen LogP contribution in [0.3, 0.4) is 0 Å². The summed E-state index contributed by atoms with van der Waals surface area (Å²) >= 11 is 0. The Labute approximate surface area is 188 Å². The first-order valence-corrected chi connectivity index (χ1v) is 10.2. The zero-order valence-electron chi connectivity index (χ0n) is 18.1. The molecule has 4 rings (SSSR count). The summed E-state index contributed by atoms with van der Waals surface area (Å²) < 4.78 is 29.9.